The normalized spacial score (nSPS) is 12.0. The van der Waals surface area contributed by atoms with Crippen LogP contribution in [0, 0.1) is 0 Å². The van der Waals surface area contributed by atoms with Crippen molar-refractivity contribution in [2.24, 2.45) is 0 Å². The summed E-state index contributed by atoms with van der Waals surface area (Å²) >= 11 is 0. The molecule has 1 N–H and O–H groups in total. The molecule has 1 atom stereocenters. The molecule has 0 aliphatic carbocycles. The van der Waals surface area contributed by atoms with Crippen LogP contribution in [0.1, 0.15) is 40.4 Å². The Morgan fingerprint density at radius 2 is 1.70 bits per heavy atom. The summed E-state index contributed by atoms with van der Waals surface area (Å²) in [5, 5.41) is 0. The number of imidazole rings is 1. The molecule has 0 radical (unpaired) electrons. The molecule has 0 bridgehead atoms. The van der Waals surface area contributed by atoms with Gasteiger partial charge < -0.3 is 4.98 Å². The summed E-state index contributed by atoms with van der Waals surface area (Å²) in [6.45, 7) is 0. The van der Waals surface area contributed by atoms with E-state index in [1.165, 1.54) is 11.1 Å². The molecule has 0 amide bonds. The van der Waals surface area contributed by atoms with Crippen LogP contribution in [-0.2, 0) is 6.42 Å². The molecule has 2 aromatic carbocycles. The fourth-order valence-corrected chi connectivity index (χ4v) is 2.84. The number of nitrogens with one attached hydrogen (secondary N) is 1. The fourth-order valence-electron chi connectivity index (χ4n) is 2.84. The summed E-state index contributed by atoms with van der Waals surface area (Å²) in [7, 11) is 0. The van der Waals surface area contributed by atoms with Crippen LogP contribution in [0.5, 0.6) is 0 Å². The van der Waals surface area contributed by atoms with Crippen LogP contribution in [0.3, 0.4) is 0 Å². The van der Waals surface area contributed by atoms with E-state index in [0.717, 1.165) is 12.8 Å². The van der Waals surface area contributed by atoms with Gasteiger partial charge in [0, 0.05) is 6.42 Å². The molecule has 3 aromatic rings. The third kappa shape index (κ3) is 4.16. The van der Waals surface area contributed by atoms with Crippen molar-refractivity contribution in [3.05, 3.63) is 90.0 Å². The van der Waals surface area contributed by atoms with Gasteiger partial charge in [0.05, 0.1) is 12.5 Å². The van der Waals surface area contributed by atoms with Gasteiger partial charge in [0.2, 0.25) is 0 Å². The maximum absolute atomic E-state index is 12.4. The fraction of sp³-hybridized carbons (Fsp3) is 0.200. The van der Waals surface area contributed by atoms with Crippen molar-refractivity contribution in [2.45, 2.75) is 25.2 Å². The Labute approximate surface area is 136 Å². The molecule has 0 aliphatic heterocycles. The molecule has 1 aromatic heterocycles. The Hall–Kier alpha value is -2.68. The molecule has 1 unspecified atom stereocenters. The summed E-state index contributed by atoms with van der Waals surface area (Å²) in [5.41, 5.74) is 3.12. The first-order valence-electron chi connectivity index (χ1n) is 7.93. The molecule has 0 fully saturated rings. The number of aromatic nitrogens is 2. The number of aromatic amines is 1. The molecule has 23 heavy (non-hydrogen) atoms. The zero-order valence-corrected chi connectivity index (χ0v) is 13.0. The number of H-pyrrole nitrogens is 1. The molecule has 0 aliphatic rings. The summed E-state index contributed by atoms with van der Waals surface area (Å²) in [5.74, 6) is 0.330. The SMILES string of the molecule is O=C(CC(CCc1ccccc1)c1ccccc1)c1cnc[nH]1. The lowest BCUT2D eigenvalue weighted by Crippen LogP contribution is -2.09. The molecule has 0 saturated heterocycles. The molecule has 3 rings (SSSR count). The third-order valence-electron chi connectivity index (χ3n) is 4.13. The van der Waals surface area contributed by atoms with Gasteiger partial charge in [0.15, 0.2) is 5.78 Å². The van der Waals surface area contributed by atoms with Gasteiger partial charge in [-0.15, -0.1) is 0 Å². The first kappa shape index (κ1) is 15.2. The van der Waals surface area contributed by atoms with Crippen LogP contribution in [-0.4, -0.2) is 15.8 Å². The maximum atomic E-state index is 12.4. The second kappa shape index (κ2) is 7.54. The minimum atomic E-state index is 0.115. The number of carbonyl (C=O) groups excluding carboxylic acids is 1. The quantitative estimate of drug-likeness (QED) is 0.658. The lowest BCUT2D eigenvalue weighted by molar-refractivity contribution is 0.0968. The van der Waals surface area contributed by atoms with Crippen molar-refractivity contribution < 1.29 is 4.79 Å². The number of ketones is 1. The van der Waals surface area contributed by atoms with Crippen molar-refractivity contribution in [1.29, 1.82) is 0 Å². The van der Waals surface area contributed by atoms with Gasteiger partial charge in [-0.25, -0.2) is 4.98 Å². The minimum Gasteiger partial charge on any atom is -0.342 e. The number of aryl methyl sites for hydroxylation is 1. The molecule has 116 valence electrons. The van der Waals surface area contributed by atoms with E-state index in [9.17, 15) is 4.79 Å². The van der Waals surface area contributed by atoms with E-state index in [4.69, 9.17) is 0 Å². The van der Waals surface area contributed by atoms with Crippen LogP contribution >= 0.6 is 0 Å². The largest absolute Gasteiger partial charge is 0.342 e. The predicted octanol–water partition coefficient (Wildman–Crippen LogP) is 4.40. The Morgan fingerprint density at radius 1 is 1.00 bits per heavy atom. The first-order valence-corrected chi connectivity index (χ1v) is 7.93. The van der Waals surface area contributed by atoms with E-state index in [2.05, 4.69) is 46.4 Å². The van der Waals surface area contributed by atoms with Gasteiger partial charge in [0.1, 0.15) is 5.69 Å². The van der Waals surface area contributed by atoms with Crippen molar-refractivity contribution in [3.8, 4) is 0 Å². The summed E-state index contributed by atoms with van der Waals surface area (Å²) < 4.78 is 0. The van der Waals surface area contributed by atoms with Crippen LogP contribution in [0.25, 0.3) is 0 Å². The highest BCUT2D eigenvalue weighted by Gasteiger charge is 2.18. The highest BCUT2D eigenvalue weighted by atomic mass is 16.1. The lowest BCUT2D eigenvalue weighted by atomic mass is 9.88. The molecule has 0 spiro atoms. The van der Waals surface area contributed by atoms with E-state index >= 15 is 0 Å². The van der Waals surface area contributed by atoms with E-state index in [1.807, 2.05) is 24.3 Å². The van der Waals surface area contributed by atoms with Crippen molar-refractivity contribution in [3.63, 3.8) is 0 Å². The number of carbonyl (C=O) groups is 1. The average molecular weight is 304 g/mol. The van der Waals surface area contributed by atoms with E-state index in [-0.39, 0.29) is 11.7 Å². The Kier molecular flexibility index (Phi) is 4.99. The summed E-state index contributed by atoms with van der Waals surface area (Å²) in [6, 6.07) is 20.7. The van der Waals surface area contributed by atoms with Gasteiger partial charge in [-0.05, 0) is 29.9 Å². The number of Topliss-reactive ketones (excluding diaryl/α,β-unsaturated/α-hetero) is 1. The van der Waals surface area contributed by atoms with Gasteiger partial charge in [0.25, 0.3) is 0 Å². The molecule has 3 heteroatoms. The molecule has 1 heterocycles. The van der Waals surface area contributed by atoms with Gasteiger partial charge in [-0.1, -0.05) is 60.7 Å². The highest BCUT2D eigenvalue weighted by molar-refractivity contribution is 5.94. The van der Waals surface area contributed by atoms with E-state index in [1.54, 1.807) is 12.5 Å². The second-order valence-corrected chi connectivity index (χ2v) is 5.72. The van der Waals surface area contributed by atoms with Crippen LogP contribution < -0.4 is 0 Å². The zero-order chi connectivity index (χ0) is 15.9. The Balaban J connectivity index is 1.73. The van der Waals surface area contributed by atoms with Crippen molar-refractivity contribution >= 4 is 5.78 Å². The van der Waals surface area contributed by atoms with Gasteiger partial charge in [-0.3, -0.25) is 4.79 Å². The summed E-state index contributed by atoms with van der Waals surface area (Å²) in [4.78, 5) is 19.3. The van der Waals surface area contributed by atoms with Gasteiger partial charge in [-0.2, -0.15) is 0 Å². The van der Waals surface area contributed by atoms with E-state index < -0.39 is 0 Å². The topological polar surface area (TPSA) is 45.8 Å². The lowest BCUT2D eigenvalue weighted by Gasteiger charge is -2.16. The predicted molar refractivity (Wildman–Crippen MR) is 91.5 cm³/mol. The molecular weight excluding hydrogens is 284 g/mol. The Morgan fingerprint density at radius 3 is 2.35 bits per heavy atom. The first-order chi connectivity index (χ1) is 11.3. The van der Waals surface area contributed by atoms with Crippen molar-refractivity contribution in [1.82, 2.24) is 9.97 Å². The van der Waals surface area contributed by atoms with Crippen LogP contribution in [0.4, 0.5) is 0 Å². The number of hydrogen-bond donors (Lipinski definition) is 1. The highest BCUT2D eigenvalue weighted by Crippen LogP contribution is 2.26. The van der Waals surface area contributed by atoms with Gasteiger partial charge >= 0.3 is 0 Å². The Bertz CT molecular complexity index is 721. The van der Waals surface area contributed by atoms with Crippen LogP contribution in [0.15, 0.2) is 73.2 Å². The molecular formula is C20H20N2O. The van der Waals surface area contributed by atoms with Crippen LogP contribution in [0.2, 0.25) is 0 Å². The standard InChI is InChI=1S/C20H20N2O/c23-20(19-14-21-15-22-19)13-18(17-9-5-2-6-10-17)12-11-16-7-3-1-4-8-16/h1-10,14-15,18H,11-13H2,(H,21,22). The maximum Gasteiger partial charge on any atom is 0.181 e. The monoisotopic (exact) mass is 304 g/mol. The average Bonchev–Trinajstić information content (AvgIpc) is 3.15. The summed E-state index contributed by atoms with van der Waals surface area (Å²) in [6.07, 6.45) is 5.57. The molecule has 3 nitrogen and oxygen atoms in total. The van der Waals surface area contributed by atoms with Crippen molar-refractivity contribution in [2.75, 3.05) is 0 Å². The van der Waals surface area contributed by atoms with E-state index in [0.29, 0.717) is 12.1 Å². The minimum absolute atomic E-state index is 0.115. The number of benzene rings is 2. The third-order valence-corrected chi connectivity index (χ3v) is 4.13. The number of nitrogens with zero attached hydrogens (tertiary/aromatic N) is 1. The smallest absolute Gasteiger partial charge is 0.181 e. The number of rotatable bonds is 7. The second-order valence-electron chi connectivity index (χ2n) is 5.72. The zero-order valence-electron chi connectivity index (χ0n) is 13.0. The molecule has 0 saturated carbocycles. The number of hydrogen-bond acceptors (Lipinski definition) is 2.